The topological polar surface area (TPSA) is 81.2 Å². The van der Waals surface area contributed by atoms with Crippen LogP contribution in [0.15, 0.2) is 0 Å². The van der Waals surface area contributed by atoms with Crippen LogP contribution in [0, 0.1) is 13.8 Å². The van der Waals surface area contributed by atoms with Crippen LogP contribution >= 0.6 is 11.6 Å². The van der Waals surface area contributed by atoms with E-state index in [2.05, 4.69) is 5.10 Å². The number of rotatable bonds is 5. The number of primary amides is 1. The van der Waals surface area contributed by atoms with E-state index in [0.717, 1.165) is 31.4 Å². The van der Waals surface area contributed by atoms with Crippen molar-refractivity contribution >= 4 is 23.4 Å². The lowest BCUT2D eigenvalue weighted by Crippen LogP contribution is -2.45. The smallest absolute Gasteiger partial charge is 0.245 e. The fraction of sp³-hybridized carbons (Fsp3) is 0.643. The molecule has 116 valence electrons. The number of nitrogens with zero attached hydrogens (tertiary/aromatic N) is 3. The van der Waals surface area contributed by atoms with Crippen molar-refractivity contribution in [2.75, 3.05) is 6.54 Å². The third kappa shape index (κ3) is 3.56. The summed E-state index contributed by atoms with van der Waals surface area (Å²) in [7, 11) is 0. The molecule has 0 atom stereocenters. The SMILES string of the molecule is Cc1nn(CC(=O)N(CC(N)=O)C2CCCC2)c(C)c1Cl. The molecule has 6 nitrogen and oxygen atoms in total. The van der Waals surface area contributed by atoms with E-state index in [1.54, 1.807) is 16.5 Å². The molecule has 7 heteroatoms. The van der Waals surface area contributed by atoms with E-state index in [1.807, 2.05) is 6.92 Å². The summed E-state index contributed by atoms with van der Waals surface area (Å²) in [5.41, 5.74) is 6.73. The zero-order valence-electron chi connectivity index (χ0n) is 12.4. The monoisotopic (exact) mass is 312 g/mol. The van der Waals surface area contributed by atoms with Gasteiger partial charge in [-0.2, -0.15) is 5.10 Å². The second-order valence-electron chi connectivity index (χ2n) is 5.57. The molecular formula is C14H21ClN4O2. The summed E-state index contributed by atoms with van der Waals surface area (Å²) < 4.78 is 1.59. The van der Waals surface area contributed by atoms with E-state index in [4.69, 9.17) is 17.3 Å². The molecule has 0 spiro atoms. The number of halogens is 1. The van der Waals surface area contributed by atoms with Crippen LogP contribution in [0.3, 0.4) is 0 Å². The molecular weight excluding hydrogens is 292 g/mol. The second-order valence-corrected chi connectivity index (χ2v) is 5.95. The van der Waals surface area contributed by atoms with Crippen molar-refractivity contribution in [1.29, 1.82) is 0 Å². The van der Waals surface area contributed by atoms with Crippen LogP contribution in [-0.2, 0) is 16.1 Å². The molecule has 1 saturated carbocycles. The van der Waals surface area contributed by atoms with E-state index in [9.17, 15) is 9.59 Å². The van der Waals surface area contributed by atoms with Crippen molar-refractivity contribution < 1.29 is 9.59 Å². The van der Waals surface area contributed by atoms with Crippen LogP contribution in [-0.4, -0.2) is 39.1 Å². The van der Waals surface area contributed by atoms with Crippen molar-refractivity contribution in [3.05, 3.63) is 16.4 Å². The third-order valence-electron chi connectivity index (χ3n) is 3.99. The summed E-state index contributed by atoms with van der Waals surface area (Å²) >= 11 is 6.09. The third-order valence-corrected chi connectivity index (χ3v) is 4.54. The molecule has 0 radical (unpaired) electrons. The van der Waals surface area contributed by atoms with Gasteiger partial charge in [-0.15, -0.1) is 0 Å². The van der Waals surface area contributed by atoms with Crippen molar-refractivity contribution in [3.8, 4) is 0 Å². The summed E-state index contributed by atoms with van der Waals surface area (Å²) in [6.45, 7) is 3.68. The number of aromatic nitrogens is 2. The van der Waals surface area contributed by atoms with Gasteiger partial charge in [0, 0.05) is 6.04 Å². The second kappa shape index (κ2) is 6.47. The molecule has 1 aromatic rings. The lowest BCUT2D eigenvalue weighted by molar-refractivity contribution is -0.138. The molecule has 0 saturated heterocycles. The van der Waals surface area contributed by atoms with Crippen molar-refractivity contribution in [3.63, 3.8) is 0 Å². The van der Waals surface area contributed by atoms with Gasteiger partial charge in [-0.25, -0.2) is 0 Å². The summed E-state index contributed by atoms with van der Waals surface area (Å²) in [5, 5.41) is 4.83. The van der Waals surface area contributed by atoms with Gasteiger partial charge in [-0.3, -0.25) is 14.3 Å². The molecule has 0 unspecified atom stereocenters. The zero-order chi connectivity index (χ0) is 15.6. The highest BCUT2D eigenvalue weighted by Gasteiger charge is 2.28. The van der Waals surface area contributed by atoms with Gasteiger partial charge < -0.3 is 10.6 Å². The lowest BCUT2D eigenvalue weighted by atomic mass is 10.2. The van der Waals surface area contributed by atoms with Crippen molar-refractivity contribution in [1.82, 2.24) is 14.7 Å². The first-order chi connectivity index (χ1) is 9.90. The average molecular weight is 313 g/mol. The first kappa shape index (κ1) is 15.8. The molecule has 0 aromatic carbocycles. The summed E-state index contributed by atoms with van der Waals surface area (Å²) in [6.07, 6.45) is 4.02. The molecule has 1 heterocycles. The predicted octanol–water partition coefficient (Wildman–Crippen LogP) is 1.41. The van der Waals surface area contributed by atoms with Crippen LogP contribution in [0.2, 0.25) is 5.02 Å². The Kier molecular flexibility index (Phi) is 4.88. The molecule has 0 bridgehead atoms. The highest BCUT2D eigenvalue weighted by Crippen LogP contribution is 2.24. The summed E-state index contributed by atoms with van der Waals surface area (Å²) in [5.74, 6) is -0.621. The fourth-order valence-electron chi connectivity index (χ4n) is 2.85. The minimum absolute atomic E-state index is 0.0312. The van der Waals surface area contributed by atoms with Crippen molar-refractivity contribution in [2.24, 2.45) is 5.73 Å². The molecule has 1 fully saturated rings. The van der Waals surface area contributed by atoms with E-state index in [-0.39, 0.29) is 25.0 Å². The number of aryl methyl sites for hydroxylation is 1. The maximum atomic E-state index is 12.5. The molecule has 21 heavy (non-hydrogen) atoms. The Morgan fingerprint density at radius 3 is 2.48 bits per heavy atom. The zero-order valence-corrected chi connectivity index (χ0v) is 13.2. The fourth-order valence-corrected chi connectivity index (χ4v) is 2.99. The van der Waals surface area contributed by atoms with E-state index >= 15 is 0 Å². The van der Waals surface area contributed by atoms with Crippen LogP contribution < -0.4 is 5.73 Å². The first-order valence-corrected chi connectivity index (χ1v) is 7.55. The highest BCUT2D eigenvalue weighted by atomic mass is 35.5. The molecule has 1 aliphatic carbocycles. The van der Waals surface area contributed by atoms with Gasteiger partial charge >= 0.3 is 0 Å². The molecule has 2 amide bonds. The Bertz CT molecular complexity index is 549. The quantitative estimate of drug-likeness (QED) is 0.892. The van der Waals surface area contributed by atoms with Gasteiger partial charge in [0.15, 0.2) is 0 Å². The van der Waals surface area contributed by atoms with E-state index in [1.165, 1.54) is 0 Å². The van der Waals surface area contributed by atoms with Gasteiger partial charge in [0.1, 0.15) is 6.54 Å². The number of hydrogen-bond donors (Lipinski definition) is 1. The maximum Gasteiger partial charge on any atom is 0.245 e. The minimum atomic E-state index is -0.485. The molecule has 1 aliphatic rings. The van der Waals surface area contributed by atoms with Gasteiger partial charge in [-0.05, 0) is 26.7 Å². The Morgan fingerprint density at radius 2 is 2.00 bits per heavy atom. The average Bonchev–Trinajstić information content (AvgIpc) is 3.02. The predicted molar refractivity (Wildman–Crippen MR) is 79.9 cm³/mol. The van der Waals surface area contributed by atoms with Crippen LogP contribution in [0.25, 0.3) is 0 Å². The van der Waals surface area contributed by atoms with Crippen molar-refractivity contribution in [2.45, 2.75) is 52.1 Å². The molecule has 0 aliphatic heterocycles. The number of carbonyl (C=O) groups is 2. The Labute approximate surface area is 129 Å². The summed E-state index contributed by atoms with van der Waals surface area (Å²) in [4.78, 5) is 25.4. The number of hydrogen-bond acceptors (Lipinski definition) is 3. The number of amides is 2. The Hall–Kier alpha value is -1.56. The van der Waals surface area contributed by atoms with Crippen LogP contribution in [0.4, 0.5) is 0 Å². The lowest BCUT2D eigenvalue weighted by Gasteiger charge is -2.28. The minimum Gasteiger partial charge on any atom is -0.368 e. The Balaban J connectivity index is 2.13. The number of nitrogens with two attached hydrogens (primary N) is 1. The van der Waals surface area contributed by atoms with Crippen LogP contribution in [0.1, 0.15) is 37.1 Å². The number of carbonyl (C=O) groups excluding carboxylic acids is 2. The maximum absolute atomic E-state index is 12.5. The molecule has 2 rings (SSSR count). The van der Waals surface area contributed by atoms with E-state index in [0.29, 0.717) is 10.7 Å². The molecule has 2 N–H and O–H groups in total. The van der Waals surface area contributed by atoms with Gasteiger partial charge in [0.2, 0.25) is 11.8 Å². The Morgan fingerprint density at radius 1 is 1.38 bits per heavy atom. The standard InChI is InChI=1S/C14H21ClN4O2/c1-9-14(15)10(2)19(17-9)8-13(21)18(7-12(16)20)11-5-3-4-6-11/h11H,3-8H2,1-2H3,(H2,16,20). The van der Waals surface area contributed by atoms with Gasteiger partial charge in [0.05, 0.1) is 23.0 Å². The molecule has 1 aromatic heterocycles. The summed E-state index contributed by atoms with van der Waals surface area (Å²) in [6, 6.07) is 0.109. The van der Waals surface area contributed by atoms with Gasteiger partial charge in [0.25, 0.3) is 0 Å². The first-order valence-electron chi connectivity index (χ1n) is 7.17. The highest BCUT2D eigenvalue weighted by molar-refractivity contribution is 6.31. The largest absolute Gasteiger partial charge is 0.368 e. The normalized spacial score (nSPS) is 15.4. The van der Waals surface area contributed by atoms with Crippen LogP contribution in [0.5, 0.6) is 0 Å². The van der Waals surface area contributed by atoms with E-state index < -0.39 is 5.91 Å². The van der Waals surface area contributed by atoms with Gasteiger partial charge in [-0.1, -0.05) is 24.4 Å².